The summed E-state index contributed by atoms with van der Waals surface area (Å²) in [6, 6.07) is 9.03. The Hall–Kier alpha value is -3.35. The van der Waals surface area contributed by atoms with Crippen molar-refractivity contribution >= 4 is 29.0 Å². The fraction of sp³-hybridized carbons (Fsp3) is 0.211. The van der Waals surface area contributed by atoms with Crippen LogP contribution in [0.4, 0.5) is 11.4 Å². The van der Waals surface area contributed by atoms with E-state index in [1.807, 2.05) is 6.92 Å². The molecule has 0 fully saturated rings. The molecule has 0 aliphatic heterocycles. The van der Waals surface area contributed by atoms with E-state index in [0.29, 0.717) is 23.6 Å². The number of ether oxygens (including phenoxy) is 2. The summed E-state index contributed by atoms with van der Waals surface area (Å²) >= 11 is 0. The predicted molar refractivity (Wildman–Crippen MR) is 97.8 cm³/mol. The number of amides is 1. The van der Waals surface area contributed by atoms with Crippen LogP contribution < -0.4 is 15.8 Å². The Morgan fingerprint density at radius 2 is 1.73 bits per heavy atom. The Morgan fingerprint density at radius 3 is 2.35 bits per heavy atom. The van der Waals surface area contributed by atoms with Gasteiger partial charge in [0, 0.05) is 16.8 Å². The topological polar surface area (TPSA) is 108 Å². The van der Waals surface area contributed by atoms with E-state index < -0.39 is 11.9 Å². The number of nitrogens with two attached hydrogens (primary N) is 1. The van der Waals surface area contributed by atoms with E-state index >= 15 is 0 Å². The van der Waals surface area contributed by atoms with Gasteiger partial charge in [0.2, 0.25) is 0 Å². The van der Waals surface area contributed by atoms with Crippen molar-refractivity contribution in [3.8, 4) is 5.75 Å². The van der Waals surface area contributed by atoms with E-state index in [2.05, 4.69) is 10.1 Å². The molecule has 2 aromatic rings. The third kappa shape index (κ3) is 4.38. The van der Waals surface area contributed by atoms with Crippen molar-refractivity contribution < 1.29 is 23.9 Å². The molecule has 3 N–H and O–H groups in total. The summed E-state index contributed by atoms with van der Waals surface area (Å²) in [5, 5.41) is 2.69. The zero-order valence-electron chi connectivity index (χ0n) is 14.8. The number of carbonyl (C=O) groups is 3. The number of methoxy groups -OCH3 is 1. The summed E-state index contributed by atoms with van der Waals surface area (Å²) in [6.45, 7) is 3.64. The molecule has 136 valence electrons. The zero-order valence-corrected chi connectivity index (χ0v) is 14.8. The predicted octanol–water partition coefficient (Wildman–Crippen LogP) is 2.91. The highest BCUT2D eigenvalue weighted by atomic mass is 16.5. The average molecular weight is 356 g/mol. The molecule has 0 saturated carbocycles. The number of carbonyl (C=O) groups excluding carboxylic acids is 3. The third-order valence-electron chi connectivity index (χ3n) is 3.57. The van der Waals surface area contributed by atoms with E-state index in [1.54, 1.807) is 18.2 Å². The molecule has 0 heterocycles. The van der Waals surface area contributed by atoms with Gasteiger partial charge in [-0.1, -0.05) is 0 Å². The van der Waals surface area contributed by atoms with Crippen LogP contribution in [0.15, 0.2) is 36.4 Å². The van der Waals surface area contributed by atoms with Crippen molar-refractivity contribution in [3.05, 3.63) is 53.1 Å². The molecule has 0 spiro atoms. The van der Waals surface area contributed by atoms with Gasteiger partial charge in [0.05, 0.1) is 25.0 Å². The standard InChI is InChI=1S/C19H20N2O5/c1-4-26-17-6-5-12(11(2)22)10-16(17)21-18(23)13-7-14(19(24)25-3)9-15(20)8-13/h5-10H,4,20H2,1-3H3,(H,21,23). The lowest BCUT2D eigenvalue weighted by Gasteiger charge is -2.13. The van der Waals surface area contributed by atoms with Crippen LogP contribution in [0.1, 0.15) is 44.9 Å². The van der Waals surface area contributed by atoms with Gasteiger partial charge in [0.15, 0.2) is 5.78 Å². The van der Waals surface area contributed by atoms with E-state index in [0.717, 1.165) is 0 Å². The highest BCUT2D eigenvalue weighted by molar-refractivity contribution is 6.07. The molecule has 7 heteroatoms. The first kappa shape index (κ1) is 19.0. The molecule has 0 unspecified atom stereocenters. The van der Waals surface area contributed by atoms with Gasteiger partial charge >= 0.3 is 5.97 Å². The number of benzene rings is 2. The van der Waals surface area contributed by atoms with Crippen LogP contribution in [0.5, 0.6) is 5.75 Å². The van der Waals surface area contributed by atoms with Crippen molar-refractivity contribution in [2.24, 2.45) is 0 Å². The molecule has 0 saturated heterocycles. The van der Waals surface area contributed by atoms with Crippen LogP contribution in [0.3, 0.4) is 0 Å². The molecule has 0 aromatic heterocycles. The van der Waals surface area contributed by atoms with Crippen molar-refractivity contribution in [3.63, 3.8) is 0 Å². The molecular weight excluding hydrogens is 336 g/mol. The summed E-state index contributed by atoms with van der Waals surface area (Å²) in [7, 11) is 1.24. The minimum absolute atomic E-state index is 0.138. The Kier molecular flexibility index (Phi) is 5.95. The van der Waals surface area contributed by atoms with Crippen LogP contribution in [-0.4, -0.2) is 31.4 Å². The van der Waals surface area contributed by atoms with Gasteiger partial charge in [0.25, 0.3) is 5.91 Å². The quantitative estimate of drug-likeness (QED) is 0.468. The summed E-state index contributed by atoms with van der Waals surface area (Å²) < 4.78 is 10.1. The van der Waals surface area contributed by atoms with Crippen LogP contribution >= 0.6 is 0 Å². The van der Waals surface area contributed by atoms with Gasteiger partial charge in [-0.15, -0.1) is 0 Å². The van der Waals surface area contributed by atoms with Crippen LogP contribution in [0.25, 0.3) is 0 Å². The number of ketones is 1. The smallest absolute Gasteiger partial charge is 0.337 e. The summed E-state index contributed by atoms with van der Waals surface area (Å²) in [5.41, 5.74) is 7.16. The number of anilines is 2. The monoisotopic (exact) mass is 356 g/mol. The third-order valence-corrected chi connectivity index (χ3v) is 3.57. The molecule has 26 heavy (non-hydrogen) atoms. The molecule has 0 aliphatic rings. The van der Waals surface area contributed by atoms with Gasteiger partial charge in [-0.2, -0.15) is 0 Å². The van der Waals surface area contributed by atoms with Gasteiger partial charge in [-0.05, 0) is 50.2 Å². The summed E-state index contributed by atoms with van der Waals surface area (Å²) in [6.07, 6.45) is 0. The fourth-order valence-corrected chi connectivity index (χ4v) is 2.34. The largest absolute Gasteiger partial charge is 0.492 e. The maximum atomic E-state index is 12.6. The number of hydrogen-bond acceptors (Lipinski definition) is 6. The fourth-order valence-electron chi connectivity index (χ4n) is 2.34. The zero-order chi connectivity index (χ0) is 19.3. The number of nitrogen functional groups attached to an aromatic ring is 1. The van der Waals surface area contributed by atoms with Gasteiger partial charge in [0.1, 0.15) is 5.75 Å². The second-order valence-corrected chi connectivity index (χ2v) is 5.49. The van der Waals surface area contributed by atoms with Crippen LogP contribution in [0.2, 0.25) is 0 Å². The molecule has 0 atom stereocenters. The number of Topliss-reactive ketones (excluding diaryl/α,β-unsaturated/α-hetero) is 1. The Labute approximate surface area is 151 Å². The Morgan fingerprint density at radius 1 is 1.04 bits per heavy atom. The van der Waals surface area contributed by atoms with E-state index in [1.165, 1.54) is 32.2 Å². The molecule has 1 amide bonds. The normalized spacial score (nSPS) is 10.1. The SMILES string of the molecule is CCOc1ccc(C(C)=O)cc1NC(=O)c1cc(N)cc(C(=O)OC)c1. The van der Waals surface area contributed by atoms with E-state index in [9.17, 15) is 14.4 Å². The minimum Gasteiger partial charge on any atom is -0.492 e. The number of nitrogens with one attached hydrogen (secondary N) is 1. The number of esters is 1. The minimum atomic E-state index is -0.597. The second-order valence-electron chi connectivity index (χ2n) is 5.49. The van der Waals surface area contributed by atoms with Crippen LogP contribution in [0, 0.1) is 0 Å². The van der Waals surface area contributed by atoms with E-state index in [-0.39, 0.29) is 22.6 Å². The molecule has 0 bridgehead atoms. The lowest BCUT2D eigenvalue weighted by Crippen LogP contribution is -2.15. The van der Waals surface area contributed by atoms with Crippen molar-refractivity contribution in [1.82, 2.24) is 0 Å². The maximum absolute atomic E-state index is 12.6. The Balaban J connectivity index is 2.37. The molecule has 2 rings (SSSR count). The second kappa shape index (κ2) is 8.15. The Bertz CT molecular complexity index is 861. The molecule has 7 nitrogen and oxygen atoms in total. The van der Waals surface area contributed by atoms with Crippen molar-refractivity contribution in [2.45, 2.75) is 13.8 Å². The first-order chi connectivity index (χ1) is 12.3. The number of hydrogen-bond donors (Lipinski definition) is 2. The lowest BCUT2D eigenvalue weighted by molar-refractivity contribution is 0.0600. The van der Waals surface area contributed by atoms with Gasteiger partial charge < -0.3 is 20.5 Å². The number of rotatable bonds is 6. The van der Waals surface area contributed by atoms with Crippen molar-refractivity contribution in [1.29, 1.82) is 0 Å². The molecule has 2 aromatic carbocycles. The van der Waals surface area contributed by atoms with Gasteiger partial charge in [-0.3, -0.25) is 9.59 Å². The molecule has 0 aliphatic carbocycles. The lowest BCUT2D eigenvalue weighted by atomic mass is 10.1. The molecular formula is C19H20N2O5. The van der Waals surface area contributed by atoms with E-state index in [4.69, 9.17) is 10.5 Å². The first-order valence-corrected chi connectivity index (χ1v) is 7.93. The van der Waals surface area contributed by atoms with Gasteiger partial charge in [-0.25, -0.2) is 4.79 Å². The maximum Gasteiger partial charge on any atom is 0.337 e. The van der Waals surface area contributed by atoms with Crippen molar-refractivity contribution in [2.75, 3.05) is 24.8 Å². The van der Waals surface area contributed by atoms with Crippen LogP contribution in [-0.2, 0) is 4.74 Å². The highest BCUT2D eigenvalue weighted by Crippen LogP contribution is 2.27. The first-order valence-electron chi connectivity index (χ1n) is 7.93. The summed E-state index contributed by atoms with van der Waals surface area (Å²) in [5.74, 6) is -0.799. The highest BCUT2D eigenvalue weighted by Gasteiger charge is 2.15. The molecule has 0 radical (unpaired) electrons. The summed E-state index contributed by atoms with van der Waals surface area (Å²) in [4.78, 5) is 35.9. The average Bonchev–Trinajstić information content (AvgIpc) is 2.61.